The van der Waals surface area contributed by atoms with Crippen LogP contribution in [0.5, 0.6) is 0 Å². The number of nitrogens with zero attached hydrogens (tertiary/aromatic N) is 2. The lowest BCUT2D eigenvalue weighted by Crippen LogP contribution is -2.14. The summed E-state index contributed by atoms with van der Waals surface area (Å²) in [6.45, 7) is 0. The molecule has 2 aromatic rings. The Bertz CT molecular complexity index is 939. The van der Waals surface area contributed by atoms with Crippen LogP contribution in [0, 0.1) is 33.1 Å². The molecule has 0 saturated heterocycles. The first-order chi connectivity index (χ1) is 11.8. The highest BCUT2D eigenvalue weighted by atomic mass is 35.5. The number of halogens is 3. The maximum atomic E-state index is 13.6. The SMILES string of the molecule is N#C/C(=C\c1cc([N+](=O)[O-])ccc1Cl)C(=O)Nc1ccc(F)cc1F. The van der Waals surface area contributed by atoms with Crippen LogP contribution < -0.4 is 5.32 Å². The molecule has 0 aliphatic heterocycles. The minimum Gasteiger partial charge on any atom is -0.319 e. The maximum absolute atomic E-state index is 13.6. The topological polar surface area (TPSA) is 96.0 Å². The van der Waals surface area contributed by atoms with Crippen LogP contribution in [0.3, 0.4) is 0 Å². The normalized spacial score (nSPS) is 10.9. The van der Waals surface area contributed by atoms with Crippen molar-refractivity contribution in [1.82, 2.24) is 0 Å². The van der Waals surface area contributed by atoms with Crippen molar-refractivity contribution in [2.75, 3.05) is 5.32 Å². The van der Waals surface area contributed by atoms with Gasteiger partial charge in [-0.05, 0) is 24.3 Å². The molecule has 9 heteroatoms. The molecule has 0 atom stereocenters. The van der Waals surface area contributed by atoms with Crippen molar-refractivity contribution in [3.63, 3.8) is 0 Å². The van der Waals surface area contributed by atoms with E-state index in [-0.39, 0.29) is 22.0 Å². The summed E-state index contributed by atoms with van der Waals surface area (Å²) in [6, 6.07) is 7.61. The van der Waals surface area contributed by atoms with E-state index >= 15 is 0 Å². The second-order valence-electron chi connectivity index (χ2n) is 4.71. The van der Waals surface area contributed by atoms with Crippen molar-refractivity contribution in [1.29, 1.82) is 5.26 Å². The van der Waals surface area contributed by atoms with Crippen LogP contribution in [0.4, 0.5) is 20.2 Å². The second-order valence-corrected chi connectivity index (χ2v) is 5.12. The Morgan fingerprint density at radius 2 is 2.00 bits per heavy atom. The van der Waals surface area contributed by atoms with Gasteiger partial charge in [0.1, 0.15) is 23.3 Å². The number of hydrogen-bond donors (Lipinski definition) is 1. The van der Waals surface area contributed by atoms with Crippen molar-refractivity contribution in [2.45, 2.75) is 0 Å². The maximum Gasteiger partial charge on any atom is 0.270 e. The van der Waals surface area contributed by atoms with Gasteiger partial charge in [-0.25, -0.2) is 8.78 Å². The molecule has 0 unspecified atom stereocenters. The molecule has 0 aliphatic carbocycles. The average Bonchev–Trinajstić information content (AvgIpc) is 2.56. The highest BCUT2D eigenvalue weighted by Gasteiger charge is 2.15. The van der Waals surface area contributed by atoms with Gasteiger partial charge in [0.25, 0.3) is 11.6 Å². The largest absolute Gasteiger partial charge is 0.319 e. The molecule has 126 valence electrons. The zero-order chi connectivity index (χ0) is 18.6. The minimum absolute atomic E-state index is 0.0714. The van der Waals surface area contributed by atoms with Gasteiger partial charge in [-0.15, -0.1) is 0 Å². The summed E-state index contributed by atoms with van der Waals surface area (Å²) >= 11 is 5.90. The van der Waals surface area contributed by atoms with Crippen molar-refractivity contribution in [2.24, 2.45) is 0 Å². The predicted molar refractivity (Wildman–Crippen MR) is 86.7 cm³/mol. The third-order valence-corrected chi connectivity index (χ3v) is 3.38. The molecule has 0 aliphatic rings. The van der Waals surface area contributed by atoms with Crippen molar-refractivity contribution >= 4 is 35.0 Å². The van der Waals surface area contributed by atoms with Crippen LogP contribution in [0.1, 0.15) is 5.56 Å². The van der Waals surface area contributed by atoms with E-state index in [1.807, 2.05) is 0 Å². The first-order valence-corrected chi connectivity index (χ1v) is 7.01. The van der Waals surface area contributed by atoms with Crippen molar-refractivity contribution < 1.29 is 18.5 Å². The Kier molecular flexibility index (Phi) is 5.41. The summed E-state index contributed by atoms with van der Waals surface area (Å²) in [4.78, 5) is 22.2. The molecule has 1 N–H and O–H groups in total. The Balaban J connectivity index is 2.34. The van der Waals surface area contributed by atoms with Gasteiger partial charge in [0.15, 0.2) is 0 Å². The summed E-state index contributed by atoms with van der Waals surface area (Å²) in [5, 5.41) is 22.1. The van der Waals surface area contributed by atoms with Gasteiger partial charge < -0.3 is 5.32 Å². The fraction of sp³-hybridized carbons (Fsp3) is 0. The zero-order valence-electron chi connectivity index (χ0n) is 12.3. The quantitative estimate of drug-likeness (QED) is 0.383. The summed E-state index contributed by atoms with van der Waals surface area (Å²) in [5.41, 5.74) is -0.996. The number of carbonyl (C=O) groups is 1. The van der Waals surface area contributed by atoms with E-state index in [1.54, 1.807) is 6.07 Å². The standard InChI is InChI=1S/C16H8ClF2N3O3/c17-13-3-2-12(22(24)25)6-9(13)5-10(8-20)16(23)21-15-4-1-11(18)7-14(15)19/h1-7H,(H,21,23)/b10-5+. The Morgan fingerprint density at radius 1 is 1.28 bits per heavy atom. The number of nitro groups is 1. The fourth-order valence-corrected chi connectivity index (χ4v) is 2.01. The summed E-state index contributed by atoms with van der Waals surface area (Å²) < 4.78 is 26.4. The molecule has 6 nitrogen and oxygen atoms in total. The Labute approximate surface area is 145 Å². The van der Waals surface area contributed by atoms with Gasteiger partial charge in [-0.1, -0.05) is 11.6 Å². The number of nitriles is 1. The molecule has 25 heavy (non-hydrogen) atoms. The number of anilines is 1. The molecule has 0 aromatic heterocycles. The van der Waals surface area contributed by atoms with E-state index in [9.17, 15) is 23.7 Å². The number of nitrogens with one attached hydrogen (secondary N) is 1. The third kappa shape index (κ3) is 4.37. The molecular formula is C16H8ClF2N3O3. The molecule has 0 radical (unpaired) electrons. The number of benzene rings is 2. The van der Waals surface area contributed by atoms with E-state index in [0.717, 1.165) is 24.3 Å². The number of amides is 1. The predicted octanol–water partition coefficient (Wildman–Crippen LogP) is 4.07. The number of hydrogen-bond acceptors (Lipinski definition) is 4. The van der Waals surface area contributed by atoms with E-state index < -0.39 is 28.0 Å². The highest BCUT2D eigenvalue weighted by Crippen LogP contribution is 2.24. The number of non-ortho nitro benzene ring substituents is 1. The number of nitro benzene ring substituents is 1. The molecule has 1 amide bonds. The minimum atomic E-state index is -1.01. The van der Waals surface area contributed by atoms with Gasteiger partial charge in [-0.2, -0.15) is 5.26 Å². The lowest BCUT2D eigenvalue weighted by molar-refractivity contribution is -0.384. The third-order valence-electron chi connectivity index (χ3n) is 3.03. The van der Waals surface area contributed by atoms with Crippen molar-refractivity contribution in [3.05, 3.63) is 74.3 Å². The molecule has 0 fully saturated rings. The lowest BCUT2D eigenvalue weighted by Gasteiger charge is -2.06. The van der Waals surface area contributed by atoms with E-state index in [2.05, 4.69) is 5.32 Å². The molecule has 2 rings (SSSR count). The average molecular weight is 364 g/mol. The van der Waals surface area contributed by atoms with Crippen LogP contribution in [-0.4, -0.2) is 10.8 Å². The van der Waals surface area contributed by atoms with Crippen LogP contribution in [0.2, 0.25) is 5.02 Å². The summed E-state index contributed by atoms with van der Waals surface area (Å²) in [6.07, 6.45) is 1.03. The first kappa shape index (κ1) is 18.0. The van der Waals surface area contributed by atoms with Gasteiger partial charge in [0, 0.05) is 28.8 Å². The zero-order valence-corrected chi connectivity index (χ0v) is 13.1. The highest BCUT2D eigenvalue weighted by molar-refractivity contribution is 6.32. The molecule has 0 spiro atoms. The summed E-state index contributed by atoms with van der Waals surface area (Å²) in [7, 11) is 0. The number of rotatable bonds is 4. The Morgan fingerprint density at radius 3 is 2.60 bits per heavy atom. The molecule has 0 saturated carbocycles. The lowest BCUT2D eigenvalue weighted by atomic mass is 10.1. The molecule has 2 aromatic carbocycles. The molecular weight excluding hydrogens is 356 g/mol. The monoisotopic (exact) mass is 363 g/mol. The van der Waals surface area contributed by atoms with E-state index in [4.69, 9.17) is 16.9 Å². The number of carbonyl (C=O) groups excluding carboxylic acids is 1. The smallest absolute Gasteiger partial charge is 0.270 e. The van der Waals surface area contributed by atoms with Crippen LogP contribution >= 0.6 is 11.6 Å². The van der Waals surface area contributed by atoms with Gasteiger partial charge in [0.2, 0.25) is 0 Å². The van der Waals surface area contributed by atoms with E-state index in [0.29, 0.717) is 6.07 Å². The van der Waals surface area contributed by atoms with Gasteiger partial charge >= 0.3 is 0 Å². The summed E-state index contributed by atoms with van der Waals surface area (Å²) in [5.74, 6) is -2.82. The van der Waals surface area contributed by atoms with Gasteiger partial charge in [0.05, 0.1) is 10.6 Å². The van der Waals surface area contributed by atoms with Crippen LogP contribution in [-0.2, 0) is 4.79 Å². The Hall–Kier alpha value is -3.31. The second kappa shape index (κ2) is 7.51. The molecule has 0 bridgehead atoms. The first-order valence-electron chi connectivity index (χ1n) is 6.64. The molecule has 0 heterocycles. The van der Waals surface area contributed by atoms with Gasteiger partial charge in [-0.3, -0.25) is 14.9 Å². The van der Waals surface area contributed by atoms with Crippen molar-refractivity contribution in [3.8, 4) is 6.07 Å². The van der Waals surface area contributed by atoms with Crippen LogP contribution in [0.25, 0.3) is 6.08 Å². The fourth-order valence-electron chi connectivity index (χ4n) is 1.84. The van der Waals surface area contributed by atoms with Crippen LogP contribution in [0.15, 0.2) is 42.0 Å². The van der Waals surface area contributed by atoms with E-state index in [1.165, 1.54) is 12.1 Å².